The van der Waals surface area contributed by atoms with Gasteiger partial charge in [0.25, 0.3) is 5.91 Å². The zero-order valence-electron chi connectivity index (χ0n) is 15.5. The molecule has 0 spiro atoms. The molecule has 2 N–H and O–H groups in total. The first-order valence-electron chi connectivity index (χ1n) is 8.24. The quantitative estimate of drug-likeness (QED) is 0.566. The smallest absolute Gasteiger partial charge is 0.317 e. The van der Waals surface area contributed by atoms with Gasteiger partial charge in [0.2, 0.25) is 5.56 Å². The molecule has 1 heterocycles. The molecule has 28 heavy (non-hydrogen) atoms. The van der Waals surface area contributed by atoms with Crippen molar-refractivity contribution in [3.05, 3.63) is 57.1 Å². The summed E-state index contributed by atoms with van der Waals surface area (Å²) in [6.45, 7) is 4.61. The van der Waals surface area contributed by atoms with Crippen LogP contribution in [0.15, 0.2) is 34.1 Å². The van der Waals surface area contributed by atoms with Crippen molar-refractivity contribution >= 4 is 29.3 Å². The number of H-pyrrole nitrogens is 1. The standard InChI is InChI=1S/C19H18FN3O4S/c1-10-4-5-13(7-15(10)20)22-18(26)12(3)27-17(25)9-28-19-14(8-21)11(2)6-16(24)23-19/h4-7,12H,9H2,1-3H3,(H,22,26)(H,23,24)/t12-/m1/s1. The second kappa shape index (κ2) is 9.19. The summed E-state index contributed by atoms with van der Waals surface area (Å²) < 4.78 is 18.6. The monoisotopic (exact) mass is 403 g/mol. The van der Waals surface area contributed by atoms with Crippen molar-refractivity contribution in [3.8, 4) is 6.07 Å². The molecule has 2 aromatic rings. The molecule has 0 fully saturated rings. The lowest BCUT2D eigenvalue weighted by Crippen LogP contribution is -2.30. The van der Waals surface area contributed by atoms with E-state index in [4.69, 9.17) is 10.00 Å². The number of esters is 1. The third kappa shape index (κ3) is 5.44. The molecule has 0 bridgehead atoms. The number of ether oxygens (including phenoxy) is 1. The molecule has 2 rings (SSSR count). The van der Waals surface area contributed by atoms with Crippen molar-refractivity contribution in [2.75, 3.05) is 11.1 Å². The Hall–Kier alpha value is -3.12. The second-order valence-electron chi connectivity index (χ2n) is 6.01. The first kappa shape index (κ1) is 21.2. The van der Waals surface area contributed by atoms with Crippen LogP contribution in [0.1, 0.15) is 23.6 Å². The number of hydrogen-bond donors (Lipinski definition) is 2. The third-order valence-electron chi connectivity index (χ3n) is 3.77. The molecular formula is C19H18FN3O4S. The van der Waals surface area contributed by atoms with Crippen molar-refractivity contribution in [1.29, 1.82) is 5.26 Å². The number of aryl methyl sites for hydroxylation is 2. The zero-order valence-corrected chi connectivity index (χ0v) is 16.3. The highest BCUT2D eigenvalue weighted by Gasteiger charge is 2.19. The van der Waals surface area contributed by atoms with Gasteiger partial charge in [-0.3, -0.25) is 14.4 Å². The van der Waals surface area contributed by atoms with Crippen LogP contribution < -0.4 is 10.9 Å². The fraction of sp³-hybridized carbons (Fsp3) is 0.263. The maximum Gasteiger partial charge on any atom is 0.317 e. The van der Waals surface area contributed by atoms with Crippen LogP contribution in [0.4, 0.5) is 10.1 Å². The Labute approximate surface area is 164 Å². The topological polar surface area (TPSA) is 112 Å². The van der Waals surface area contributed by atoms with E-state index >= 15 is 0 Å². The van der Waals surface area contributed by atoms with Gasteiger partial charge in [-0.2, -0.15) is 5.26 Å². The molecule has 0 saturated carbocycles. The number of halogens is 1. The Bertz CT molecular complexity index is 1010. The van der Waals surface area contributed by atoms with Gasteiger partial charge in [0, 0.05) is 11.8 Å². The van der Waals surface area contributed by atoms with E-state index in [1.165, 1.54) is 31.2 Å². The molecule has 1 aromatic carbocycles. The maximum atomic E-state index is 13.5. The first-order valence-corrected chi connectivity index (χ1v) is 9.23. The average molecular weight is 403 g/mol. The van der Waals surface area contributed by atoms with E-state index in [2.05, 4.69) is 10.3 Å². The lowest BCUT2D eigenvalue weighted by Gasteiger charge is -2.14. The number of rotatable bonds is 6. The fourth-order valence-corrected chi connectivity index (χ4v) is 3.09. The molecule has 0 unspecified atom stereocenters. The van der Waals surface area contributed by atoms with Gasteiger partial charge in [0.1, 0.15) is 11.9 Å². The molecule has 1 atom stereocenters. The number of thioether (sulfide) groups is 1. The van der Waals surface area contributed by atoms with Gasteiger partial charge >= 0.3 is 5.97 Å². The predicted molar refractivity (Wildman–Crippen MR) is 103 cm³/mol. The number of nitrogens with zero attached hydrogens (tertiary/aromatic N) is 1. The van der Waals surface area contributed by atoms with Gasteiger partial charge in [-0.05, 0) is 44.0 Å². The van der Waals surface area contributed by atoms with Crippen molar-refractivity contribution in [1.82, 2.24) is 4.98 Å². The van der Waals surface area contributed by atoms with Crippen LogP contribution in [0.5, 0.6) is 0 Å². The van der Waals surface area contributed by atoms with Gasteiger partial charge in [-0.25, -0.2) is 4.39 Å². The number of nitrogens with one attached hydrogen (secondary N) is 2. The van der Waals surface area contributed by atoms with Crippen LogP contribution >= 0.6 is 11.8 Å². The molecule has 0 saturated heterocycles. The van der Waals surface area contributed by atoms with E-state index < -0.39 is 23.8 Å². The normalized spacial score (nSPS) is 11.4. The highest BCUT2D eigenvalue weighted by atomic mass is 32.2. The van der Waals surface area contributed by atoms with E-state index in [0.29, 0.717) is 11.1 Å². The van der Waals surface area contributed by atoms with Gasteiger partial charge in [0.05, 0.1) is 16.3 Å². The number of carbonyl (C=O) groups is 2. The van der Waals surface area contributed by atoms with E-state index in [0.717, 1.165) is 11.8 Å². The lowest BCUT2D eigenvalue weighted by molar-refractivity contribution is -0.150. The largest absolute Gasteiger partial charge is 0.452 e. The minimum atomic E-state index is -1.11. The summed E-state index contributed by atoms with van der Waals surface area (Å²) in [4.78, 5) is 38.1. The summed E-state index contributed by atoms with van der Waals surface area (Å²) in [7, 11) is 0. The molecule has 0 aliphatic rings. The number of benzene rings is 1. The van der Waals surface area contributed by atoms with Crippen LogP contribution in [0.25, 0.3) is 0 Å². The minimum Gasteiger partial charge on any atom is -0.452 e. The van der Waals surface area contributed by atoms with E-state index in [9.17, 15) is 18.8 Å². The van der Waals surface area contributed by atoms with Crippen LogP contribution in [-0.4, -0.2) is 28.7 Å². The van der Waals surface area contributed by atoms with Crippen molar-refractivity contribution in [3.63, 3.8) is 0 Å². The summed E-state index contributed by atoms with van der Waals surface area (Å²) in [6, 6.07) is 7.50. The molecule has 146 valence electrons. The fourth-order valence-electron chi connectivity index (χ4n) is 2.24. The third-order valence-corrected chi connectivity index (χ3v) is 4.74. The number of nitriles is 1. The Balaban J connectivity index is 1.94. The molecule has 1 amide bonds. The van der Waals surface area contributed by atoms with Crippen molar-refractivity contribution in [2.45, 2.75) is 31.9 Å². The summed E-state index contributed by atoms with van der Waals surface area (Å²) in [6.07, 6.45) is -1.11. The average Bonchev–Trinajstić information content (AvgIpc) is 2.62. The number of amides is 1. The highest BCUT2D eigenvalue weighted by Crippen LogP contribution is 2.21. The lowest BCUT2D eigenvalue weighted by atomic mass is 10.2. The maximum absolute atomic E-state index is 13.5. The number of aromatic amines is 1. The Morgan fingerprint density at radius 2 is 2.04 bits per heavy atom. The molecule has 0 aliphatic carbocycles. The second-order valence-corrected chi connectivity index (χ2v) is 6.99. The molecule has 0 aliphatic heterocycles. The molecule has 9 heteroatoms. The van der Waals surface area contributed by atoms with E-state index in [1.54, 1.807) is 13.8 Å². The summed E-state index contributed by atoms with van der Waals surface area (Å²) >= 11 is 0.935. The molecule has 7 nitrogen and oxygen atoms in total. The Morgan fingerprint density at radius 3 is 2.68 bits per heavy atom. The van der Waals surface area contributed by atoms with Gasteiger partial charge < -0.3 is 15.0 Å². The number of carbonyl (C=O) groups excluding carboxylic acids is 2. The van der Waals surface area contributed by atoms with Crippen LogP contribution in [0, 0.1) is 31.0 Å². The minimum absolute atomic E-state index is 0.204. The van der Waals surface area contributed by atoms with Crippen LogP contribution in [0.2, 0.25) is 0 Å². The Kier molecular flexibility index (Phi) is 6.95. The van der Waals surface area contributed by atoms with Gasteiger partial charge in [0.15, 0.2) is 6.10 Å². The van der Waals surface area contributed by atoms with Gasteiger partial charge in [-0.1, -0.05) is 17.8 Å². The van der Waals surface area contributed by atoms with Crippen LogP contribution in [-0.2, 0) is 14.3 Å². The Morgan fingerprint density at radius 1 is 1.32 bits per heavy atom. The molecule has 1 aromatic heterocycles. The summed E-state index contributed by atoms with van der Waals surface area (Å²) in [5.41, 5.74) is 1.08. The van der Waals surface area contributed by atoms with E-state index in [-0.39, 0.29) is 27.6 Å². The number of aromatic nitrogens is 1. The van der Waals surface area contributed by atoms with Gasteiger partial charge in [-0.15, -0.1) is 0 Å². The summed E-state index contributed by atoms with van der Waals surface area (Å²) in [5, 5.41) is 11.9. The zero-order chi connectivity index (χ0) is 20.8. The number of hydrogen-bond acceptors (Lipinski definition) is 6. The van der Waals surface area contributed by atoms with Crippen LogP contribution in [0.3, 0.4) is 0 Å². The molecular weight excluding hydrogens is 385 g/mol. The number of anilines is 1. The van der Waals surface area contributed by atoms with Crippen molar-refractivity contribution < 1.29 is 18.7 Å². The summed E-state index contributed by atoms with van der Waals surface area (Å²) in [5.74, 6) is -1.97. The van der Waals surface area contributed by atoms with Crippen molar-refractivity contribution in [2.24, 2.45) is 0 Å². The molecule has 0 radical (unpaired) electrons. The first-order chi connectivity index (χ1) is 13.2. The SMILES string of the molecule is Cc1ccc(NC(=O)[C@@H](C)OC(=O)CSc2[nH]c(=O)cc(C)c2C#N)cc1F. The number of pyridine rings is 1. The van der Waals surface area contributed by atoms with E-state index in [1.807, 2.05) is 6.07 Å². The predicted octanol–water partition coefficient (Wildman–Crippen LogP) is 2.67. The highest BCUT2D eigenvalue weighted by molar-refractivity contribution is 7.99.